The van der Waals surface area contributed by atoms with E-state index in [9.17, 15) is 27.1 Å². The Bertz CT molecular complexity index is 672. The lowest BCUT2D eigenvalue weighted by atomic mass is 10.1. The molecule has 21 heavy (non-hydrogen) atoms. The number of rotatable bonds is 5. The van der Waals surface area contributed by atoms with Crippen LogP contribution in [0.5, 0.6) is 0 Å². The highest BCUT2D eigenvalue weighted by Gasteiger charge is 2.36. The van der Waals surface area contributed by atoms with Gasteiger partial charge in [-0.25, -0.2) is 22.0 Å². The molecular formula is C12H15F2NO5S. The van der Waals surface area contributed by atoms with Gasteiger partial charge in [0.1, 0.15) is 16.3 Å². The van der Waals surface area contributed by atoms with Crippen LogP contribution in [0.2, 0.25) is 0 Å². The zero-order valence-corrected chi connectivity index (χ0v) is 12.4. The van der Waals surface area contributed by atoms with Crippen LogP contribution in [0.1, 0.15) is 24.2 Å². The number of benzene rings is 1. The highest BCUT2D eigenvalue weighted by molar-refractivity contribution is 7.89. The molecule has 0 aromatic heterocycles. The third-order valence-electron chi connectivity index (χ3n) is 3.15. The van der Waals surface area contributed by atoms with Crippen LogP contribution in [0.4, 0.5) is 8.78 Å². The van der Waals surface area contributed by atoms with Crippen LogP contribution in [0.15, 0.2) is 17.0 Å². The first-order valence-electron chi connectivity index (χ1n) is 5.78. The predicted octanol–water partition coefficient (Wildman–Crippen LogP) is 1.05. The molecule has 0 aliphatic rings. The zero-order chi connectivity index (χ0) is 16.6. The Hall–Kier alpha value is -1.58. The third kappa shape index (κ3) is 3.04. The molecule has 1 aromatic carbocycles. The summed E-state index contributed by atoms with van der Waals surface area (Å²) >= 11 is 0. The van der Waals surface area contributed by atoms with Crippen molar-refractivity contribution in [2.45, 2.75) is 24.3 Å². The molecule has 1 aromatic rings. The lowest BCUT2D eigenvalue weighted by molar-refractivity contribution is 0.0685. The molecule has 6 nitrogen and oxygen atoms in total. The lowest BCUT2D eigenvalue weighted by Crippen LogP contribution is -2.47. The fraction of sp³-hybridized carbons (Fsp3) is 0.417. The van der Waals surface area contributed by atoms with E-state index >= 15 is 0 Å². The number of carboxylic acid groups (broad SMARTS) is 1. The van der Waals surface area contributed by atoms with E-state index in [4.69, 9.17) is 5.11 Å². The minimum absolute atomic E-state index is 0.544. The van der Waals surface area contributed by atoms with Crippen LogP contribution < -0.4 is 0 Å². The van der Waals surface area contributed by atoms with Crippen molar-refractivity contribution in [2.75, 3.05) is 13.7 Å². The Morgan fingerprint density at radius 1 is 1.33 bits per heavy atom. The molecule has 0 saturated heterocycles. The summed E-state index contributed by atoms with van der Waals surface area (Å²) in [5, 5.41) is 17.9. The van der Waals surface area contributed by atoms with E-state index in [0.29, 0.717) is 16.4 Å². The summed E-state index contributed by atoms with van der Waals surface area (Å²) in [7, 11) is -3.34. The first-order chi connectivity index (χ1) is 9.46. The number of aromatic carboxylic acids is 1. The van der Waals surface area contributed by atoms with Gasteiger partial charge in [0.25, 0.3) is 0 Å². The highest BCUT2D eigenvalue weighted by atomic mass is 32.2. The van der Waals surface area contributed by atoms with Gasteiger partial charge in [-0.1, -0.05) is 0 Å². The number of hydrogen-bond donors (Lipinski definition) is 2. The molecule has 0 unspecified atom stereocenters. The standard InChI is InChI=1S/C12H15F2NO5S/c1-12(2,6-16)15(3)21(19,20)8-5-4-7(13)9(10(8)14)11(17)18/h4-5,16H,6H2,1-3H3,(H,17,18). The Labute approximate surface area is 120 Å². The quantitative estimate of drug-likeness (QED) is 0.845. The minimum Gasteiger partial charge on any atom is -0.477 e. The van der Waals surface area contributed by atoms with Crippen LogP contribution in [0.3, 0.4) is 0 Å². The van der Waals surface area contributed by atoms with Crippen molar-refractivity contribution in [3.63, 3.8) is 0 Å². The molecule has 0 radical (unpaired) electrons. The van der Waals surface area contributed by atoms with E-state index in [-0.39, 0.29) is 0 Å². The van der Waals surface area contributed by atoms with Gasteiger partial charge in [-0.15, -0.1) is 0 Å². The van der Waals surface area contributed by atoms with Gasteiger partial charge >= 0.3 is 5.97 Å². The Balaban J connectivity index is 3.54. The maximum atomic E-state index is 14.0. The van der Waals surface area contributed by atoms with Crippen molar-refractivity contribution in [2.24, 2.45) is 0 Å². The van der Waals surface area contributed by atoms with Crippen LogP contribution in [-0.2, 0) is 10.0 Å². The van der Waals surface area contributed by atoms with Crippen molar-refractivity contribution in [1.29, 1.82) is 0 Å². The monoisotopic (exact) mass is 323 g/mol. The average molecular weight is 323 g/mol. The number of carboxylic acids is 1. The highest BCUT2D eigenvalue weighted by Crippen LogP contribution is 2.27. The van der Waals surface area contributed by atoms with Gasteiger partial charge in [-0.05, 0) is 26.0 Å². The van der Waals surface area contributed by atoms with Crippen LogP contribution in [-0.4, -0.2) is 48.1 Å². The van der Waals surface area contributed by atoms with Crippen LogP contribution in [0.25, 0.3) is 0 Å². The summed E-state index contributed by atoms with van der Waals surface area (Å²) < 4.78 is 52.6. The number of sulfonamides is 1. The van der Waals surface area contributed by atoms with E-state index in [0.717, 1.165) is 7.05 Å². The smallest absolute Gasteiger partial charge is 0.341 e. The summed E-state index contributed by atoms with van der Waals surface area (Å²) in [5.41, 5.74) is -2.59. The van der Waals surface area contributed by atoms with E-state index in [2.05, 4.69) is 0 Å². The normalized spacial score (nSPS) is 12.7. The van der Waals surface area contributed by atoms with Gasteiger partial charge in [-0.3, -0.25) is 0 Å². The molecule has 0 heterocycles. The van der Waals surface area contributed by atoms with Crippen molar-refractivity contribution in [1.82, 2.24) is 4.31 Å². The second-order valence-electron chi connectivity index (χ2n) is 4.98. The SMILES string of the molecule is CN(C(C)(C)CO)S(=O)(=O)c1ccc(F)c(C(=O)O)c1F. The summed E-state index contributed by atoms with van der Waals surface area (Å²) in [6.45, 7) is 2.24. The third-order valence-corrected chi connectivity index (χ3v) is 5.23. The molecule has 0 bridgehead atoms. The van der Waals surface area contributed by atoms with Crippen molar-refractivity contribution < 1.29 is 32.2 Å². The second kappa shape index (κ2) is 5.66. The summed E-state index contributed by atoms with van der Waals surface area (Å²) in [6, 6.07) is 1.22. The van der Waals surface area contributed by atoms with Crippen molar-refractivity contribution in [3.8, 4) is 0 Å². The maximum absolute atomic E-state index is 14.0. The largest absolute Gasteiger partial charge is 0.477 e. The molecular weight excluding hydrogens is 308 g/mol. The molecule has 0 saturated carbocycles. The summed E-state index contributed by atoms with van der Waals surface area (Å²) in [5.74, 6) is -4.96. The number of likely N-dealkylation sites (N-methyl/N-ethyl adjacent to an activating group) is 1. The van der Waals surface area contributed by atoms with E-state index < -0.39 is 50.2 Å². The first-order valence-corrected chi connectivity index (χ1v) is 7.22. The van der Waals surface area contributed by atoms with Crippen molar-refractivity contribution >= 4 is 16.0 Å². The van der Waals surface area contributed by atoms with Gasteiger partial charge in [0.2, 0.25) is 10.0 Å². The molecule has 0 spiro atoms. The van der Waals surface area contributed by atoms with Crippen LogP contribution >= 0.6 is 0 Å². The Morgan fingerprint density at radius 2 is 1.86 bits per heavy atom. The van der Waals surface area contributed by atoms with Crippen LogP contribution in [0, 0.1) is 11.6 Å². The molecule has 118 valence electrons. The van der Waals surface area contributed by atoms with Gasteiger partial charge in [0, 0.05) is 7.05 Å². The summed E-state index contributed by atoms with van der Waals surface area (Å²) in [4.78, 5) is 9.85. The summed E-state index contributed by atoms with van der Waals surface area (Å²) in [6.07, 6.45) is 0. The number of nitrogens with zero attached hydrogens (tertiary/aromatic N) is 1. The van der Waals surface area contributed by atoms with Crippen molar-refractivity contribution in [3.05, 3.63) is 29.3 Å². The second-order valence-corrected chi connectivity index (χ2v) is 6.92. The zero-order valence-electron chi connectivity index (χ0n) is 11.6. The lowest BCUT2D eigenvalue weighted by Gasteiger charge is -2.32. The fourth-order valence-corrected chi connectivity index (χ4v) is 3.07. The molecule has 0 aliphatic carbocycles. The number of halogens is 2. The van der Waals surface area contributed by atoms with E-state index in [1.165, 1.54) is 13.8 Å². The topological polar surface area (TPSA) is 94.9 Å². The minimum atomic E-state index is -4.44. The molecule has 0 amide bonds. The average Bonchev–Trinajstić information content (AvgIpc) is 2.36. The van der Waals surface area contributed by atoms with Gasteiger partial charge < -0.3 is 10.2 Å². The first kappa shape index (κ1) is 17.5. The molecule has 0 atom stereocenters. The van der Waals surface area contributed by atoms with E-state index in [1.54, 1.807) is 0 Å². The molecule has 2 N–H and O–H groups in total. The molecule has 1 rings (SSSR count). The van der Waals surface area contributed by atoms with Gasteiger partial charge in [0.05, 0.1) is 12.1 Å². The fourth-order valence-electron chi connectivity index (χ4n) is 1.50. The van der Waals surface area contributed by atoms with Gasteiger partial charge in [0.15, 0.2) is 5.82 Å². The Morgan fingerprint density at radius 3 is 2.29 bits per heavy atom. The Kier molecular flexibility index (Phi) is 4.71. The number of carbonyl (C=O) groups is 1. The van der Waals surface area contributed by atoms with E-state index in [1.807, 2.05) is 0 Å². The number of hydrogen-bond acceptors (Lipinski definition) is 4. The molecule has 0 aliphatic heterocycles. The molecule has 0 fully saturated rings. The maximum Gasteiger partial charge on any atom is 0.341 e. The molecule has 9 heteroatoms. The van der Waals surface area contributed by atoms with Gasteiger partial charge in [-0.2, -0.15) is 4.31 Å². The number of aliphatic hydroxyl groups excluding tert-OH is 1. The predicted molar refractivity (Wildman–Crippen MR) is 69.4 cm³/mol. The number of aliphatic hydroxyl groups is 1.